The summed E-state index contributed by atoms with van der Waals surface area (Å²) in [6.07, 6.45) is 2.15. The van der Waals surface area contributed by atoms with E-state index in [2.05, 4.69) is 5.32 Å². The van der Waals surface area contributed by atoms with E-state index >= 15 is 0 Å². The maximum absolute atomic E-state index is 12.5. The third kappa shape index (κ3) is 2.87. The average molecular weight is 301 g/mol. The Labute approximate surface area is 118 Å². The first-order chi connectivity index (χ1) is 9.46. The smallest absolute Gasteiger partial charge is 0.352 e. The zero-order valence-electron chi connectivity index (χ0n) is 11.4. The molecule has 1 aliphatic rings. The van der Waals surface area contributed by atoms with E-state index in [4.69, 9.17) is 5.11 Å². The molecule has 2 rings (SSSR count). The van der Waals surface area contributed by atoms with E-state index in [0.717, 1.165) is 13.0 Å². The second kappa shape index (κ2) is 5.94. The van der Waals surface area contributed by atoms with Gasteiger partial charge in [-0.25, -0.2) is 13.2 Å². The molecule has 20 heavy (non-hydrogen) atoms. The van der Waals surface area contributed by atoms with E-state index < -0.39 is 16.0 Å². The van der Waals surface area contributed by atoms with Gasteiger partial charge in [0.25, 0.3) is 0 Å². The van der Waals surface area contributed by atoms with Crippen LogP contribution in [0, 0.1) is 0 Å². The van der Waals surface area contributed by atoms with Gasteiger partial charge in [0.05, 0.1) is 0 Å². The first-order valence-electron chi connectivity index (χ1n) is 6.61. The van der Waals surface area contributed by atoms with Gasteiger partial charge in [0.1, 0.15) is 10.6 Å². The molecule has 0 aromatic carbocycles. The Balaban J connectivity index is 2.35. The molecule has 0 aliphatic carbocycles. The molecule has 0 amide bonds. The number of hydrogen-bond donors (Lipinski definition) is 2. The summed E-state index contributed by atoms with van der Waals surface area (Å²) >= 11 is 0. The predicted octanol–water partition coefficient (Wildman–Crippen LogP) is 0.190. The number of carbonyl (C=O) groups is 1. The molecule has 7 nitrogen and oxygen atoms in total. The van der Waals surface area contributed by atoms with Crippen molar-refractivity contribution in [3.8, 4) is 0 Å². The summed E-state index contributed by atoms with van der Waals surface area (Å²) in [6, 6.07) is 1.24. The van der Waals surface area contributed by atoms with Crippen LogP contribution in [0.1, 0.15) is 23.8 Å². The van der Waals surface area contributed by atoms with Gasteiger partial charge >= 0.3 is 5.97 Å². The van der Waals surface area contributed by atoms with Crippen LogP contribution in [0.15, 0.2) is 17.2 Å². The molecule has 0 bridgehead atoms. The van der Waals surface area contributed by atoms with E-state index in [0.29, 0.717) is 26.2 Å². The first kappa shape index (κ1) is 15.0. The van der Waals surface area contributed by atoms with E-state index in [1.54, 1.807) is 6.92 Å². The predicted molar refractivity (Wildman–Crippen MR) is 73.3 cm³/mol. The Morgan fingerprint density at radius 1 is 1.40 bits per heavy atom. The Bertz CT molecular complexity index is 586. The molecule has 2 N–H and O–H groups in total. The Morgan fingerprint density at radius 3 is 2.75 bits per heavy atom. The Hall–Kier alpha value is -1.38. The number of carboxylic acids is 1. The summed E-state index contributed by atoms with van der Waals surface area (Å²) in [6.45, 7) is 4.45. The number of rotatable bonds is 4. The summed E-state index contributed by atoms with van der Waals surface area (Å²) in [5.41, 5.74) is -0.000906. The molecule has 0 atom stereocenters. The second-order valence-corrected chi connectivity index (χ2v) is 6.60. The summed E-state index contributed by atoms with van der Waals surface area (Å²) in [5.74, 6) is -1.12. The molecular formula is C12H19N3O4S. The van der Waals surface area contributed by atoms with Crippen LogP contribution in [0.5, 0.6) is 0 Å². The molecule has 8 heteroatoms. The Kier molecular flexibility index (Phi) is 4.46. The lowest BCUT2D eigenvalue weighted by molar-refractivity contribution is 0.0685. The molecule has 1 fully saturated rings. The van der Waals surface area contributed by atoms with Gasteiger partial charge in [-0.3, -0.25) is 0 Å². The molecule has 1 aliphatic heterocycles. The fraction of sp³-hybridized carbons (Fsp3) is 0.583. The number of hydrogen-bond acceptors (Lipinski definition) is 4. The van der Waals surface area contributed by atoms with Gasteiger partial charge in [-0.15, -0.1) is 0 Å². The molecule has 112 valence electrons. The molecule has 0 unspecified atom stereocenters. The van der Waals surface area contributed by atoms with Crippen LogP contribution in [0.3, 0.4) is 0 Å². The van der Waals surface area contributed by atoms with Crippen molar-refractivity contribution in [3.63, 3.8) is 0 Å². The van der Waals surface area contributed by atoms with E-state index in [1.807, 2.05) is 0 Å². The number of nitrogens with zero attached hydrogens (tertiary/aromatic N) is 2. The molecule has 1 aromatic heterocycles. The fourth-order valence-electron chi connectivity index (χ4n) is 2.28. The normalized spacial score (nSPS) is 17.9. The van der Waals surface area contributed by atoms with Crippen LogP contribution in [0.2, 0.25) is 0 Å². The summed E-state index contributed by atoms with van der Waals surface area (Å²) in [4.78, 5) is 11.2. The van der Waals surface area contributed by atoms with E-state index in [1.165, 1.54) is 21.1 Å². The highest BCUT2D eigenvalue weighted by Gasteiger charge is 2.28. The van der Waals surface area contributed by atoms with Gasteiger partial charge in [-0.1, -0.05) is 0 Å². The molecule has 0 saturated carbocycles. The minimum absolute atomic E-state index is 0.000906. The van der Waals surface area contributed by atoms with Crippen molar-refractivity contribution in [2.24, 2.45) is 0 Å². The topological polar surface area (TPSA) is 91.6 Å². The van der Waals surface area contributed by atoms with Crippen LogP contribution >= 0.6 is 0 Å². The van der Waals surface area contributed by atoms with Crippen molar-refractivity contribution < 1.29 is 18.3 Å². The van der Waals surface area contributed by atoms with Crippen LogP contribution in [-0.4, -0.2) is 54.5 Å². The van der Waals surface area contributed by atoms with Crippen molar-refractivity contribution in [2.45, 2.75) is 24.8 Å². The van der Waals surface area contributed by atoms with E-state index in [-0.39, 0.29) is 10.6 Å². The van der Waals surface area contributed by atoms with Crippen molar-refractivity contribution in [1.82, 2.24) is 14.2 Å². The maximum Gasteiger partial charge on any atom is 0.352 e. The van der Waals surface area contributed by atoms with Gasteiger partial charge < -0.3 is 15.0 Å². The number of aromatic carboxylic acids is 1. The molecule has 2 heterocycles. The number of carboxylic acid groups (broad SMARTS) is 1. The summed E-state index contributed by atoms with van der Waals surface area (Å²) in [5, 5.41) is 12.2. The van der Waals surface area contributed by atoms with Crippen molar-refractivity contribution in [3.05, 3.63) is 18.0 Å². The monoisotopic (exact) mass is 301 g/mol. The van der Waals surface area contributed by atoms with E-state index in [9.17, 15) is 13.2 Å². The highest BCUT2D eigenvalue weighted by Crippen LogP contribution is 2.20. The molecule has 1 saturated heterocycles. The lowest BCUT2D eigenvalue weighted by Gasteiger charge is -2.18. The first-order valence-corrected chi connectivity index (χ1v) is 8.05. The maximum atomic E-state index is 12.5. The van der Waals surface area contributed by atoms with Gasteiger partial charge in [0.2, 0.25) is 10.0 Å². The van der Waals surface area contributed by atoms with Crippen LogP contribution in [-0.2, 0) is 16.6 Å². The van der Waals surface area contributed by atoms with Crippen molar-refractivity contribution >= 4 is 16.0 Å². The van der Waals surface area contributed by atoms with Gasteiger partial charge in [-0.05, 0) is 26.0 Å². The molecular weight excluding hydrogens is 282 g/mol. The van der Waals surface area contributed by atoms with Gasteiger partial charge in [0, 0.05) is 32.4 Å². The van der Waals surface area contributed by atoms with Crippen molar-refractivity contribution in [1.29, 1.82) is 0 Å². The largest absolute Gasteiger partial charge is 0.477 e. The van der Waals surface area contributed by atoms with Crippen LogP contribution < -0.4 is 5.32 Å². The highest BCUT2D eigenvalue weighted by atomic mass is 32.2. The SMILES string of the molecule is CCn1cc(S(=O)(=O)N2CCCNCC2)cc1C(=O)O. The minimum Gasteiger partial charge on any atom is -0.477 e. The lowest BCUT2D eigenvalue weighted by atomic mass is 10.4. The quantitative estimate of drug-likeness (QED) is 0.828. The van der Waals surface area contributed by atoms with Crippen LogP contribution in [0.25, 0.3) is 0 Å². The number of sulfonamides is 1. The molecule has 1 aromatic rings. The Morgan fingerprint density at radius 2 is 2.15 bits per heavy atom. The molecule has 0 spiro atoms. The third-order valence-corrected chi connectivity index (χ3v) is 5.23. The number of aryl methyl sites for hydroxylation is 1. The average Bonchev–Trinajstić information content (AvgIpc) is 2.66. The summed E-state index contributed by atoms with van der Waals surface area (Å²) in [7, 11) is -3.62. The van der Waals surface area contributed by atoms with Gasteiger partial charge in [0.15, 0.2) is 0 Å². The highest BCUT2D eigenvalue weighted by molar-refractivity contribution is 7.89. The van der Waals surface area contributed by atoms with Crippen LogP contribution in [0.4, 0.5) is 0 Å². The second-order valence-electron chi connectivity index (χ2n) is 4.66. The summed E-state index contributed by atoms with van der Waals surface area (Å²) < 4.78 is 27.9. The lowest BCUT2D eigenvalue weighted by Crippen LogP contribution is -2.34. The standard InChI is InChI=1S/C12H19N3O4S/c1-2-14-9-10(8-11(14)12(16)17)20(18,19)15-6-3-4-13-5-7-15/h8-9,13H,2-7H2,1H3,(H,16,17). The zero-order valence-corrected chi connectivity index (χ0v) is 12.2. The van der Waals surface area contributed by atoms with Crippen molar-refractivity contribution in [2.75, 3.05) is 26.2 Å². The number of aromatic nitrogens is 1. The number of nitrogens with one attached hydrogen (secondary N) is 1. The molecule has 0 radical (unpaired) electrons. The minimum atomic E-state index is -3.62. The fourth-order valence-corrected chi connectivity index (χ4v) is 3.80. The van der Waals surface area contributed by atoms with Gasteiger partial charge in [-0.2, -0.15) is 4.31 Å². The zero-order chi connectivity index (χ0) is 14.8. The third-order valence-electron chi connectivity index (χ3n) is 3.37.